The molecule has 0 aliphatic carbocycles. The molecule has 6 rings (SSSR count). The van der Waals surface area contributed by atoms with E-state index in [-0.39, 0.29) is 0 Å². The minimum absolute atomic E-state index is 0.403. The van der Waals surface area contributed by atoms with Crippen molar-refractivity contribution >= 4 is 22.1 Å². The van der Waals surface area contributed by atoms with E-state index in [0.717, 1.165) is 44.8 Å². The molecule has 0 unspecified atom stereocenters. The van der Waals surface area contributed by atoms with Crippen molar-refractivity contribution in [1.29, 1.82) is 0 Å². The molecule has 2 aromatic carbocycles. The summed E-state index contributed by atoms with van der Waals surface area (Å²) in [6.07, 6.45) is 4.36. The predicted octanol–water partition coefficient (Wildman–Crippen LogP) is 7.62. The van der Waals surface area contributed by atoms with Gasteiger partial charge in [-0.2, -0.15) is 9.13 Å². The molecule has 5 heteroatoms. The van der Waals surface area contributed by atoms with Crippen LogP contribution in [0.5, 0.6) is 0 Å². The lowest BCUT2D eigenvalue weighted by atomic mass is 9.92. The molecule has 4 aromatic heterocycles. The van der Waals surface area contributed by atoms with Crippen LogP contribution in [0.4, 0.5) is 0 Å². The van der Waals surface area contributed by atoms with Gasteiger partial charge in [-0.1, -0.05) is 58.0 Å². The first-order valence-electron chi connectivity index (χ1n) is 14.2. The van der Waals surface area contributed by atoms with Gasteiger partial charge in [0.1, 0.15) is 25.1 Å². The third-order valence-corrected chi connectivity index (χ3v) is 8.16. The van der Waals surface area contributed by atoms with Crippen molar-refractivity contribution in [3.63, 3.8) is 0 Å². The van der Waals surface area contributed by atoms with E-state index in [1.165, 1.54) is 22.4 Å². The molecule has 6 aromatic rings. The van der Waals surface area contributed by atoms with Gasteiger partial charge < -0.3 is 4.42 Å². The van der Waals surface area contributed by atoms with E-state index in [4.69, 9.17) is 4.42 Å². The number of furan rings is 1. The molecular weight excluding hydrogens is 492 g/mol. The second kappa shape index (κ2) is 9.74. The standard InChI is InChI=1S/C35H38N4O/c1-21(2)25-11-9-12-26(22(3)4)32(25)39-20-19-37(7)35(39)30-14-10-13-29(38(30)8)31-23(5)15-17-27-28-18-16-24(6)36-34(28)40-33(27)31/h9-22H,1-8H3/q+2. The van der Waals surface area contributed by atoms with Crippen LogP contribution in [0.25, 0.3) is 50.5 Å². The van der Waals surface area contributed by atoms with Crippen LogP contribution < -0.4 is 9.13 Å². The number of benzene rings is 2. The largest absolute Gasteiger partial charge is 0.437 e. The molecule has 40 heavy (non-hydrogen) atoms. The number of pyridine rings is 2. The molecular formula is C35H38N4O+2. The number of aromatic nitrogens is 4. The molecule has 0 spiro atoms. The highest BCUT2D eigenvalue weighted by Gasteiger charge is 2.32. The maximum Gasteiger partial charge on any atom is 0.359 e. The van der Waals surface area contributed by atoms with E-state index in [2.05, 4.69) is 134 Å². The molecule has 4 heterocycles. The summed E-state index contributed by atoms with van der Waals surface area (Å²) in [6.45, 7) is 13.3. The quantitative estimate of drug-likeness (QED) is 0.215. The molecule has 5 nitrogen and oxygen atoms in total. The normalized spacial score (nSPS) is 11.9. The Hall–Kier alpha value is -4.25. The summed E-state index contributed by atoms with van der Waals surface area (Å²) in [6, 6.07) is 21.8. The minimum Gasteiger partial charge on any atom is -0.437 e. The van der Waals surface area contributed by atoms with Gasteiger partial charge >= 0.3 is 5.82 Å². The minimum atomic E-state index is 0.403. The Balaban J connectivity index is 1.62. The zero-order valence-corrected chi connectivity index (χ0v) is 24.8. The summed E-state index contributed by atoms with van der Waals surface area (Å²) in [4.78, 5) is 4.68. The van der Waals surface area contributed by atoms with Crippen molar-refractivity contribution in [2.24, 2.45) is 14.1 Å². The summed E-state index contributed by atoms with van der Waals surface area (Å²) in [5.41, 5.74) is 11.0. The fourth-order valence-corrected chi connectivity index (χ4v) is 6.04. The van der Waals surface area contributed by atoms with E-state index in [0.29, 0.717) is 17.5 Å². The average Bonchev–Trinajstić information content (AvgIpc) is 3.48. The fourth-order valence-electron chi connectivity index (χ4n) is 6.04. The third kappa shape index (κ3) is 4.03. The number of hydrogen-bond donors (Lipinski definition) is 0. The van der Waals surface area contributed by atoms with Crippen LogP contribution in [0.15, 0.2) is 77.5 Å². The lowest BCUT2D eigenvalue weighted by Crippen LogP contribution is -2.40. The molecule has 0 atom stereocenters. The van der Waals surface area contributed by atoms with Gasteiger partial charge in [-0.3, -0.25) is 0 Å². The van der Waals surface area contributed by atoms with E-state index < -0.39 is 0 Å². The molecule has 0 radical (unpaired) electrons. The van der Waals surface area contributed by atoms with Crippen LogP contribution >= 0.6 is 0 Å². The van der Waals surface area contributed by atoms with Crippen LogP contribution in [-0.4, -0.2) is 9.55 Å². The van der Waals surface area contributed by atoms with Crippen molar-refractivity contribution in [2.45, 2.75) is 53.4 Å². The first-order valence-corrected chi connectivity index (χ1v) is 14.2. The lowest BCUT2D eigenvalue weighted by molar-refractivity contribution is -0.685. The third-order valence-electron chi connectivity index (χ3n) is 8.16. The number of aryl methyl sites for hydroxylation is 3. The smallest absolute Gasteiger partial charge is 0.359 e. The number of para-hydroxylation sites is 1. The van der Waals surface area contributed by atoms with Gasteiger partial charge in [-0.15, -0.1) is 0 Å². The first-order chi connectivity index (χ1) is 19.2. The second-order valence-corrected chi connectivity index (χ2v) is 11.6. The van der Waals surface area contributed by atoms with Gasteiger partial charge in [0.2, 0.25) is 11.4 Å². The van der Waals surface area contributed by atoms with Gasteiger partial charge in [0.25, 0.3) is 5.69 Å². The maximum absolute atomic E-state index is 6.45. The van der Waals surface area contributed by atoms with E-state index in [9.17, 15) is 0 Å². The Morgan fingerprint density at radius 1 is 0.775 bits per heavy atom. The highest BCUT2D eigenvalue weighted by Crippen LogP contribution is 2.37. The summed E-state index contributed by atoms with van der Waals surface area (Å²) in [5, 5.41) is 2.14. The Morgan fingerprint density at radius 3 is 2.12 bits per heavy atom. The van der Waals surface area contributed by atoms with E-state index in [1.807, 2.05) is 13.0 Å². The van der Waals surface area contributed by atoms with Gasteiger partial charge in [0, 0.05) is 39.7 Å². The maximum atomic E-state index is 6.45. The second-order valence-electron chi connectivity index (χ2n) is 11.6. The molecule has 202 valence electrons. The van der Waals surface area contributed by atoms with Crippen LogP contribution in [0.3, 0.4) is 0 Å². The number of hydrogen-bond acceptors (Lipinski definition) is 2. The molecule has 0 fully saturated rings. The molecule has 0 aliphatic rings. The summed E-state index contributed by atoms with van der Waals surface area (Å²) in [7, 11) is 4.29. The Labute approximate surface area is 236 Å². The highest BCUT2D eigenvalue weighted by atomic mass is 16.3. The average molecular weight is 531 g/mol. The van der Waals surface area contributed by atoms with Crippen molar-refractivity contribution in [3.05, 3.63) is 95.4 Å². The van der Waals surface area contributed by atoms with E-state index >= 15 is 0 Å². The summed E-state index contributed by atoms with van der Waals surface area (Å²) < 4.78 is 13.4. The zero-order valence-electron chi connectivity index (χ0n) is 24.8. The molecule has 0 amide bonds. The fraction of sp³-hybridized carbons (Fsp3) is 0.286. The Morgan fingerprint density at radius 2 is 1.43 bits per heavy atom. The van der Waals surface area contributed by atoms with Crippen LogP contribution in [0, 0.1) is 13.8 Å². The zero-order chi connectivity index (χ0) is 28.3. The Kier molecular flexibility index (Phi) is 6.33. The summed E-state index contributed by atoms with van der Waals surface area (Å²) in [5.74, 6) is 1.94. The van der Waals surface area contributed by atoms with Gasteiger partial charge in [0.15, 0.2) is 5.58 Å². The van der Waals surface area contributed by atoms with Gasteiger partial charge in [-0.25, -0.2) is 9.55 Å². The molecule has 0 aliphatic heterocycles. The number of fused-ring (bicyclic) bond motifs is 3. The van der Waals surface area contributed by atoms with Crippen molar-refractivity contribution < 1.29 is 13.6 Å². The van der Waals surface area contributed by atoms with Crippen LogP contribution in [0.1, 0.15) is 61.9 Å². The SMILES string of the molecule is Cc1ccc2c(n1)oc1c(-c3cccc(-c4n(-c5c(C(C)C)cccc5C(C)C)cc[n+]4C)[n+]3C)c(C)ccc12. The molecule has 0 saturated heterocycles. The predicted molar refractivity (Wildman–Crippen MR) is 162 cm³/mol. The molecule has 0 saturated carbocycles. The summed E-state index contributed by atoms with van der Waals surface area (Å²) >= 11 is 0. The van der Waals surface area contributed by atoms with Crippen LogP contribution in [-0.2, 0) is 14.1 Å². The molecule has 0 bridgehead atoms. The topological polar surface area (TPSA) is 38.7 Å². The number of rotatable bonds is 5. The van der Waals surface area contributed by atoms with Crippen LogP contribution in [0.2, 0.25) is 0 Å². The van der Waals surface area contributed by atoms with Gasteiger partial charge in [-0.05, 0) is 49.4 Å². The lowest BCUT2D eigenvalue weighted by Gasteiger charge is -2.17. The van der Waals surface area contributed by atoms with E-state index in [1.54, 1.807) is 0 Å². The van der Waals surface area contributed by atoms with Gasteiger partial charge in [0.05, 0.1) is 12.6 Å². The van der Waals surface area contributed by atoms with Crippen molar-refractivity contribution in [3.8, 4) is 28.5 Å². The first kappa shape index (κ1) is 26.0. The number of nitrogens with zero attached hydrogens (tertiary/aromatic N) is 4. The number of imidazole rings is 1. The Bertz CT molecular complexity index is 1880. The molecule has 0 N–H and O–H groups in total. The highest BCUT2D eigenvalue weighted by molar-refractivity contribution is 6.08. The van der Waals surface area contributed by atoms with Crippen molar-refractivity contribution in [2.75, 3.05) is 0 Å². The monoisotopic (exact) mass is 530 g/mol. The van der Waals surface area contributed by atoms with Crippen molar-refractivity contribution in [1.82, 2.24) is 9.55 Å².